The molecule has 1 N–H and O–H groups in total. The fourth-order valence-electron chi connectivity index (χ4n) is 4.27. The highest BCUT2D eigenvalue weighted by molar-refractivity contribution is 5.91. The van der Waals surface area contributed by atoms with Crippen molar-refractivity contribution < 1.29 is 14.0 Å². The Bertz CT molecular complexity index is 901. The van der Waals surface area contributed by atoms with Crippen LogP contribution in [-0.4, -0.2) is 47.9 Å². The molecule has 0 unspecified atom stereocenters. The fraction of sp³-hybridized carbons (Fsp3) is 0.391. The first-order chi connectivity index (χ1) is 14.0. The lowest BCUT2D eigenvalue weighted by Gasteiger charge is -2.46. The van der Waals surface area contributed by atoms with Crippen molar-refractivity contribution in [1.82, 2.24) is 9.80 Å². The number of rotatable bonds is 3. The van der Waals surface area contributed by atoms with Gasteiger partial charge in [0.05, 0.1) is 5.41 Å². The van der Waals surface area contributed by atoms with Gasteiger partial charge in [0, 0.05) is 31.9 Å². The van der Waals surface area contributed by atoms with E-state index in [-0.39, 0.29) is 17.8 Å². The zero-order chi connectivity index (χ0) is 20.4. The summed E-state index contributed by atoms with van der Waals surface area (Å²) in [4.78, 5) is 29.5. The molecule has 4 rings (SSSR count). The first-order valence-electron chi connectivity index (χ1n) is 10.2. The number of nitrogens with one attached hydrogen (secondary N) is 1. The summed E-state index contributed by atoms with van der Waals surface area (Å²) in [5.41, 5.74) is 2.23. The molecule has 1 heterocycles. The molecule has 6 heteroatoms. The second-order valence-corrected chi connectivity index (χ2v) is 8.02. The van der Waals surface area contributed by atoms with E-state index in [9.17, 15) is 14.0 Å². The van der Waals surface area contributed by atoms with Crippen LogP contribution in [0, 0.1) is 12.7 Å². The summed E-state index contributed by atoms with van der Waals surface area (Å²) in [6, 6.07) is 13.9. The number of nitrogens with zero attached hydrogens (tertiary/aromatic N) is 2. The number of hydrogen-bond acceptors (Lipinski definition) is 2. The Hall–Kier alpha value is -2.89. The van der Waals surface area contributed by atoms with E-state index in [0.717, 1.165) is 36.1 Å². The number of hydrogen-bond donors (Lipinski definition) is 1. The van der Waals surface area contributed by atoms with Crippen LogP contribution in [0.2, 0.25) is 0 Å². The third kappa shape index (κ3) is 3.84. The summed E-state index contributed by atoms with van der Waals surface area (Å²) in [6.45, 7) is 4.02. The minimum Gasteiger partial charge on any atom is -0.338 e. The maximum Gasteiger partial charge on any atom is 0.321 e. The van der Waals surface area contributed by atoms with Gasteiger partial charge in [0.2, 0.25) is 5.91 Å². The van der Waals surface area contributed by atoms with Gasteiger partial charge in [-0.15, -0.1) is 0 Å². The smallest absolute Gasteiger partial charge is 0.321 e. The molecule has 0 bridgehead atoms. The fourth-order valence-corrected chi connectivity index (χ4v) is 4.27. The van der Waals surface area contributed by atoms with Crippen molar-refractivity contribution in [2.24, 2.45) is 0 Å². The first kappa shape index (κ1) is 19.4. The Balaban J connectivity index is 1.38. The van der Waals surface area contributed by atoms with Crippen LogP contribution in [0.4, 0.5) is 14.9 Å². The summed E-state index contributed by atoms with van der Waals surface area (Å²) in [5.74, 6) is -0.182. The van der Waals surface area contributed by atoms with E-state index in [4.69, 9.17) is 0 Å². The van der Waals surface area contributed by atoms with Crippen molar-refractivity contribution in [3.05, 3.63) is 65.5 Å². The van der Waals surface area contributed by atoms with Gasteiger partial charge in [-0.1, -0.05) is 30.7 Å². The van der Waals surface area contributed by atoms with Crippen molar-refractivity contribution in [3.63, 3.8) is 0 Å². The molecule has 152 valence electrons. The number of urea groups is 1. The normalized spacial score (nSPS) is 18.1. The van der Waals surface area contributed by atoms with Gasteiger partial charge in [-0.3, -0.25) is 4.79 Å². The molecule has 2 aromatic carbocycles. The van der Waals surface area contributed by atoms with Crippen molar-refractivity contribution in [3.8, 4) is 0 Å². The van der Waals surface area contributed by atoms with Crippen molar-refractivity contribution in [2.45, 2.75) is 31.6 Å². The maximum absolute atomic E-state index is 13.3. The van der Waals surface area contributed by atoms with E-state index in [1.54, 1.807) is 17.0 Å². The number of halogens is 1. The first-order valence-corrected chi connectivity index (χ1v) is 10.2. The van der Waals surface area contributed by atoms with E-state index in [1.165, 1.54) is 12.1 Å². The average Bonchev–Trinajstić information content (AvgIpc) is 2.68. The molecule has 0 radical (unpaired) electrons. The molecule has 2 fully saturated rings. The predicted molar refractivity (Wildman–Crippen MR) is 110 cm³/mol. The Labute approximate surface area is 170 Å². The van der Waals surface area contributed by atoms with E-state index >= 15 is 0 Å². The molecule has 0 aromatic heterocycles. The average molecular weight is 395 g/mol. The van der Waals surface area contributed by atoms with Gasteiger partial charge in [0.1, 0.15) is 5.82 Å². The quantitative estimate of drug-likeness (QED) is 0.856. The molecule has 1 saturated carbocycles. The number of benzene rings is 2. The molecule has 0 spiro atoms. The van der Waals surface area contributed by atoms with Crippen molar-refractivity contribution >= 4 is 17.6 Å². The zero-order valence-corrected chi connectivity index (χ0v) is 16.7. The standard InChI is InChI=1S/C23H26FN3O2/c1-17-4-2-5-20(16-17)25-22(29)27-14-12-26(13-15-27)21(28)23(10-3-11-23)18-6-8-19(24)9-7-18/h2,4-9,16H,3,10-15H2,1H3,(H,25,29). The molecule has 29 heavy (non-hydrogen) atoms. The Morgan fingerprint density at radius 1 is 0.966 bits per heavy atom. The molecular weight excluding hydrogens is 369 g/mol. The van der Waals surface area contributed by atoms with Crippen LogP contribution in [0.3, 0.4) is 0 Å². The molecule has 3 amide bonds. The van der Waals surface area contributed by atoms with E-state index < -0.39 is 5.41 Å². The molecule has 1 aliphatic heterocycles. The molecule has 2 aromatic rings. The summed E-state index contributed by atoms with van der Waals surface area (Å²) in [5, 5.41) is 2.93. The molecule has 5 nitrogen and oxygen atoms in total. The lowest BCUT2D eigenvalue weighted by atomic mass is 9.63. The second-order valence-electron chi connectivity index (χ2n) is 8.02. The van der Waals surface area contributed by atoms with Crippen LogP contribution in [0.5, 0.6) is 0 Å². The van der Waals surface area contributed by atoms with Gasteiger partial charge < -0.3 is 15.1 Å². The van der Waals surface area contributed by atoms with Gasteiger partial charge >= 0.3 is 6.03 Å². The van der Waals surface area contributed by atoms with Gasteiger partial charge in [-0.25, -0.2) is 9.18 Å². The molecular formula is C23H26FN3O2. The summed E-state index contributed by atoms with van der Waals surface area (Å²) < 4.78 is 13.3. The number of carbonyl (C=O) groups is 2. The van der Waals surface area contributed by atoms with Gasteiger partial charge in [0.15, 0.2) is 0 Å². The SMILES string of the molecule is Cc1cccc(NC(=O)N2CCN(C(=O)C3(c4ccc(F)cc4)CCC3)CC2)c1. The van der Waals surface area contributed by atoms with Crippen molar-refractivity contribution in [2.75, 3.05) is 31.5 Å². The third-order valence-electron chi connectivity index (χ3n) is 6.14. The number of aryl methyl sites for hydroxylation is 1. The van der Waals surface area contributed by atoms with Crippen LogP contribution in [0.15, 0.2) is 48.5 Å². The lowest BCUT2D eigenvalue weighted by molar-refractivity contribution is -0.142. The van der Waals surface area contributed by atoms with E-state index in [2.05, 4.69) is 5.32 Å². The molecule has 2 aliphatic rings. The predicted octanol–water partition coefficient (Wildman–Crippen LogP) is 3.93. The van der Waals surface area contributed by atoms with Crippen LogP contribution in [0.1, 0.15) is 30.4 Å². The van der Waals surface area contributed by atoms with Gasteiger partial charge in [-0.05, 0) is 55.2 Å². The molecule has 1 aliphatic carbocycles. The number of piperazine rings is 1. The van der Waals surface area contributed by atoms with Crippen LogP contribution >= 0.6 is 0 Å². The molecule has 1 saturated heterocycles. The van der Waals surface area contributed by atoms with Gasteiger partial charge in [0.25, 0.3) is 0 Å². The van der Waals surface area contributed by atoms with Crippen LogP contribution in [0.25, 0.3) is 0 Å². The van der Waals surface area contributed by atoms with Crippen LogP contribution in [-0.2, 0) is 10.2 Å². The summed E-state index contributed by atoms with van der Waals surface area (Å²) >= 11 is 0. The Kier molecular flexibility index (Phi) is 5.26. The van der Waals surface area contributed by atoms with E-state index in [1.807, 2.05) is 36.1 Å². The third-order valence-corrected chi connectivity index (χ3v) is 6.14. The van der Waals surface area contributed by atoms with Gasteiger partial charge in [-0.2, -0.15) is 0 Å². The highest BCUT2D eigenvalue weighted by Crippen LogP contribution is 2.45. The second kappa shape index (κ2) is 7.85. The largest absolute Gasteiger partial charge is 0.338 e. The zero-order valence-electron chi connectivity index (χ0n) is 16.7. The number of anilines is 1. The van der Waals surface area contributed by atoms with E-state index in [0.29, 0.717) is 26.2 Å². The highest BCUT2D eigenvalue weighted by Gasteiger charge is 2.48. The molecule has 0 atom stereocenters. The van der Waals surface area contributed by atoms with Crippen molar-refractivity contribution in [1.29, 1.82) is 0 Å². The minimum atomic E-state index is -0.528. The van der Waals surface area contributed by atoms with Crippen LogP contribution < -0.4 is 5.32 Å². The summed E-state index contributed by atoms with van der Waals surface area (Å²) in [7, 11) is 0. The maximum atomic E-state index is 13.3. The number of amides is 3. The highest BCUT2D eigenvalue weighted by atomic mass is 19.1. The number of carbonyl (C=O) groups excluding carboxylic acids is 2. The monoisotopic (exact) mass is 395 g/mol. The minimum absolute atomic E-state index is 0.106. The Morgan fingerprint density at radius 2 is 1.62 bits per heavy atom. The topological polar surface area (TPSA) is 52.7 Å². The lowest BCUT2D eigenvalue weighted by Crippen LogP contribution is -2.57. The Morgan fingerprint density at radius 3 is 2.21 bits per heavy atom. The summed E-state index contributed by atoms with van der Waals surface area (Å²) in [6.07, 6.45) is 2.60.